The zero-order chi connectivity index (χ0) is 17.4. The van der Waals surface area contributed by atoms with Crippen LogP contribution in [0.2, 0.25) is 0 Å². The summed E-state index contributed by atoms with van der Waals surface area (Å²) in [4.78, 5) is 22.6. The lowest BCUT2D eigenvalue weighted by Crippen LogP contribution is -2.35. The largest absolute Gasteiger partial charge is 0.434 e. The number of carbonyl (C=O) groups is 1. The van der Waals surface area contributed by atoms with Gasteiger partial charge < -0.3 is 9.32 Å². The van der Waals surface area contributed by atoms with E-state index in [1.54, 1.807) is 36.3 Å². The molecule has 1 saturated carbocycles. The molecule has 6 heteroatoms. The maximum absolute atomic E-state index is 14.6. The molecule has 4 rings (SSSR count). The van der Waals surface area contributed by atoms with Crippen molar-refractivity contribution in [3.05, 3.63) is 47.9 Å². The third-order valence-electron chi connectivity index (χ3n) is 4.80. The van der Waals surface area contributed by atoms with Crippen molar-refractivity contribution in [3.63, 3.8) is 0 Å². The van der Waals surface area contributed by atoms with E-state index in [1.165, 1.54) is 12.1 Å². The van der Waals surface area contributed by atoms with Crippen molar-refractivity contribution in [3.8, 4) is 11.5 Å². The average molecular weight is 339 g/mol. The van der Waals surface area contributed by atoms with E-state index >= 15 is 0 Å². The van der Waals surface area contributed by atoms with Crippen LogP contribution in [0.4, 0.5) is 4.39 Å². The molecule has 0 bridgehead atoms. The number of rotatable bonds is 3. The van der Waals surface area contributed by atoms with Crippen LogP contribution in [0.15, 0.2) is 40.9 Å². The maximum Gasteiger partial charge on any atom is 0.256 e. The zero-order valence-corrected chi connectivity index (χ0v) is 13.9. The van der Waals surface area contributed by atoms with Crippen LogP contribution in [0.1, 0.15) is 36.0 Å². The minimum Gasteiger partial charge on any atom is -0.434 e. The van der Waals surface area contributed by atoms with Gasteiger partial charge in [-0.05, 0) is 43.2 Å². The highest BCUT2D eigenvalue weighted by Gasteiger charge is 2.26. The summed E-state index contributed by atoms with van der Waals surface area (Å²) < 4.78 is 20.2. The Morgan fingerprint density at radius 3 is 2.80 bits per heavy atom. The highest BCUT2D eigenvalue weighted by molar-refractivity contribution is 5.95. The molecule has 0 unspecified atom stereocenters. The Balaban J connectivity index is 1.63. The summed E-state index contributed by atoms with van der Waals surface area (Å²) in [7, 11) is 1.75. The molecule has 0 N–H and O–H groups in total. The second kappa shape index (κ2) is 6.27. The first-order valence-electron chi connectivity index (χ1n) is 8.42. The van der Waals surface area contributed by atoms with Gasteiger partial charge in [-0.2, -0.15) is 4.98 Å². The average Bonchev–Trinajstić information content (AvgIpc) is 3.29. The van der Waals surface area contributed by atoms with E-state index in [2.05, 4.69) is 9.97 Å². The highest BCUT2D eigenvalue weighted by Crippen LogP contribution is 2.27. The van der Waals surface area contributed by atoms with Gasteiger partial charge in [-0.15, -0.1) is 0 Å². The molecular weight excluding hydrogens is 321 g/mol. The van der Waals surface area contributed by atoms with Gasteiger partial charge in [0.15, 0.2) is 11.2 Å². The number of carbonyl (C=O) groups excluding carboxylic acids is 1. The minimum atomic E-state index is -0.567. The molecule has 2 heterocycles. The van der Waals surface area contributed by atoms with Gasteiger partial charge in [-0.3, -0.25) is 4.79 Å². The first-order chi connectivity index (χ1) is 12.1. The normalized spacial score (nSPS) is 15.0. The van der Waals surface area contributed by atoms with Crippen molar-refractivity contribution in [2.24, 2.45) is 0 Å². The Kier molecular flexibility index (Phi) is 3.95. The van der Waals surface area contributed by atoms with Gasteiger partial charge in [-0.25, -0.2) is 9.37 Å². The van der Waals surface area contributed by atoms with Gasteiger partial charge in [0, 0.05) is 24.8 Å². The molecule has 0 atom stereocenters. The number of fused-ring (bicyclic) bond motifs is 1. The van der Waals surface area contributed by atoms with Crippen LogP contribution in [0.3, 0.4) is 0 Å². The van der Waals surface area contributed by atoms with E-state index in [-0.39, 0.29) is 23.4 Å². The lowest BCUT2D eigenvalue weighted by Gasteiger charge is -2.24. The smallest absolute Gasteiger partial charge is 0.256 e. The quantitative estimate of drug-likeness (QED) is 0.722. The molecule has 0 spiro atoms. The molecule has 0 radical (unpaired) electrons. The Hall–Kier alpha value is -2.76. The molecule has 1 fully saturated rings. The van der Waals surface area contributed by atoms with Gasteiger partial charge in [0.25, 0.3) is 5.91 Å². The van der Waals surface area contributed by atoms with Gasteiger partial charge in [0.2, 0.25) is 5.89 Å². The van der Waals surface area contributed by atoms with Crippen LogP contribution < -0.4 is 0 Å². The van der Waals surface area contributed by atoms with Gasteiger partial charge in [0.1, 0.15) is 5.82 Å². The molecule has 3 aromatic rings. The summed E-state index contributed by atoms with van der Waals surface area (Å²) in [5.41, 5.74) is 1.57. The number of hydrogen-bond acceptors (Lipinski definition) is 4. The molecule has 1 amide bonds. The lowest BCUT2D eigenvalue weighted by atomic mass is 10.1. The summed E-state index contributed by atoms with van der Waals surface area (Å²) in [5.74, 6) is -0.562. The summed E-state index contributed by atoms with van der Waals surface area (Å²) in [6.07, 6.45) is 5.83. The van der Waals surface area contributed by atoms with E-state index in [0.29, 0.717) is 16.8 Å². The van der Waals surface area contributed by atoms with Crippen LogP contribution in [-0.2, 0) is 0 Å². The lowest BCUT2D eigenvalue weighted by molar-refractivity contribution is 0.0730. The highest BCUT2D eigenvalue weighted by atomic mass is 19.1. The number of pyridine rings is 1. The fourth-order valence-electron chi connectivity index (χ4n) is 3.36. The number of aromatic nitrogens is 2. The number of nitrogens with zero attached hydrogens (tertiary/aromatic N) is 3. The second-order valence-corrected chi connectivity index (χ2v) is 6.39. The van der Waals surface area contributed by atoms with Gasteiger partial charge in [-0.1, -0.05) is 12.8 Å². The monoisotopic (exact) mass is 339 g/mol. The van der Waals surface area contributed by atoms with Crippen LogP contribution in [-0.4, -0.2) is 33.9 Å². The summed E-state index contributed by atoms with van der Waals surface area (Å²) in [6.45, 7) is 0. The molecule has 128 valence electrons. The Morgan fingerprint density at radius 2 is 2.08 bits per heavy atom. The number of oxazole rings is 1. The molecule has 0 aliphatic heterocycles. The van der Waals surface area contributed by atoms with Crippen molar-refractivity contribution in [1.29, 1.82) is 0 Å². The molecule has 1 aliphatic rings. The second-order valence-electron chi connectivity index (χ2n) is 6.39. The number of amides is 1. The molecule has 2 aromatic heterocycles. The summed E-state index contributed by atoms with van der Waals surface area (Å²) >= 11 is 0. The predicted molar refractivity (Wildman–Crippen MR) is 91.5 cm³/mol. The molecule has 5 nitrogen and oxygen atoms in total. The van der Waals surface area contributed by atoms with Crippen LogP contribution in [0.5, 0.6) is 0 Å². The van der Waals surface area contributed by atoms with Crippen LogP contribution in [0, 0.1) is 5.82 Å². The van der Waals surface area contributed by atoms with Crippen molar-refractivity contribution in [2.45, 2.75) is 31.7 Å². The van der Waals surface area contributed by atoms with Crippen molar-refractivity contribution in [2.75, 3.05) is 7.05 Å². The molecule has 1 aromatic carbocycles. The standard InChI is InChI=1S/C19H18FN3O2/c1-23(13-5-2-3-6-13)19(24)14-9-8-12(11-15(14)20)18-22-17-16(25-18)7-4-10-21-17/h4,7-11,13H,2-3,5-6H2,1H3. The van der Waals surface area contributed by atoms with E-state index < -0.39 is 5.82 Å². The van der Waals surface area contributed by atoms with Crippen molar-refractivity contribution in [1.82, 2.24) is 14.9 Å². The molecule has 1 aliphatic carbocycles. The third-order valence-corrected chi connectivity index (χ3v) is 4.80. The Morgan fingerprint density at radius 1 is 1.28 bits per heavy atom. The SMILES string of the molecule is CN(C(=O)c1ccc(-c2nc3ncccc3o2)cc1F)C1CCCC1. The maximum atomic E-state index is 14.6. The fourth-order valence-corrected chi connectivity index (χ4v) is 3.36. The van der Waals surface area contributed by atoms with Crippen LogP contribution in [0.25, 0.3) is 22.7 Å². The molecule has 0 saturated heterocycles. The predicted octanol–water partition coefficient (Wildman–Crippen LogP) is 4.04. The van der Waals surface area contributed by atoms with Crippen LogP contribution >= 0.6 is 0 Å². The number of benzene rings is 1. The van der Waals surface area contributed by atoms with Gasteiger partial charge in [0.05, 0.1) is 5.56 Å². The number of hydrogen-bond donors (Lipinski definition) is 0. The minimum absolute atomic E-state index is 0.0763. The molecular formula is C19H18FN3O2. The van der Waals surface area contributed by atoms with E-state index in [9.17, 15) is 9.18 Å². The molecule has 25 heavy (non-hydrogen) atoms. The zero-order valence-electron chi connectivity index (χ0n) is 13.9. The van der Waals surface area contributed by atoms with E-state index in [1.807, 2.05) is 0 Å². The van der Waals surface area contributed by atoms with E-state index in [0.717, 1.165) is 25.7 Å². The Bertz CT molecular complexity index is 898. The number of halogens is 1. The summed E-state index contributed by atoms with van der Waals surface area (Å²) in [5, 5.41) is 0. The topological polar surface area (TPSA) is 59.2 Å². The van der Waals surface area contributed by atoms with Crippen molar-refractivity contribution < 1.29 is 13.6 Å². The summed E-state index contributed by atoms with van der Waals surface area (Å²) in [6, 6.07) is 8.15. The third kappa shape index (κ3) is 2.88. The van der Waals surface area contributed by atoms with Gasteiger partial charge >= 0.3 is 0 Å². The van der Waals surface area contributed by atoms with E-state index in [4.69, 9.17) is 4.42 Å². The Labute approximate surface area is 144 Å². The first kappa shape index (κ1) is 15.7. The first-order valence-corrected chi connectivity index (χ1v) is 8.42. The van der Waals surface area contributed by atoms with Crippen molar-refractivity contribution >= 4 is 17.1 Å². The fraction of sp³-hybridized carbons (Fsp3) is 0.316.